The number of ketones is 1. The molecule has 1 aromatic heterocycles. The molecule has 4 heteroatoms. The number of rotatable bonds is 1. The topological polar surface area (TPSA) is 50.3 Å². The quantitative estimate of drug-likeness (QED) is 0.711. The van der Waals surface area contributed by atoms with Crippen LogP contribution in [0.2, 0.25) is 0 Å². The molecule has 2 rings (SSSR count). The Balaban J connectivity index is 2.19. The van der Waals surface area contributed by atoms with Gasteiger partial charge >= 0.3 is 0 Å². The number of hydrogen-bond acceptors (Lipinski definition) is 3. The summed E-state index contributed by atoms with van der Waals surface area (Å²) in [7, 11) is 0. The van der Waals surface area contributed by atoms with Gasteiger partial charge < -0.3 is 4.90 Å². The van der Waals surface area contributed by atoms with Crippen LogP contribution in [-0.2, 0) is 4.79 Å². The smallest absolute Gasteiger partial charge is 0.256 e. The van der Waals surface area contributed by atoms with E-state index in [2.05, 4.69) is 4.98 Å². The van der Waals surface area contributed by atoms with Crippen molar-refractivity contribution >= 4 is 11.7 Å². The minimum Gasteiger partial charge on any atom is -0.331 e. The van der Waals surface area contributed by atoms with E-state index in [9.17, 15) is 9.59 Å². The highest BCUT2D eigenvalue weighted by Gasteiger charge is 2.23. The zero-order valence-corrected chi connectivity index (χ0v) is 9.27. The summed E-state index contributed by atoms with van der Waals surface area (Å²) >= 11 is 0. The van der Waals surface area contributed by atoms with E-state index in [0.717, 1.165) is 6.42 Å². The normalized spacial score (nSPS) is 16.3. The average Bonchev–Trinajstić information content (AvgIpc) is 2.29. The number of carbonyl (C=O) groups is 2. The molecule has 0 bridgehead atoms. The van der Waals surface area contributed by atoms with Crippen LogP contribution in [0.25, 0.3) is 0 Å². The van der Waals surface area contributed by atoms with Crippen molar-refractivity contribution in [1.82, 2.24) is 9.88 Å². The summed E-state index contributed by atoms with van der Waals surface area (Å²) in [5.74, 6) is 0.0554. The van der Waals surface area contributed by atoms with Crippen LogP contribution in [0.1, 0.15) is 28.9 Å². The van der Waals surface area contributed by atoms with Crippen molar-refractivity contribution in [2.75, 3.05) is 13.1 Å². The predicted molar refractivity (Wildman–Crippen MR) is 59.1 cm³/mol. The van der Waals surface area contributed by atoms with E-state index in [1.54, 1.807) is 30.2 Å². The maximum absolute atomic E-state index is 12.1. The summed E-state index contributed by atoms with van der Waals surface area (Å²) in [6, 6.07) is 3.50. The van der Waals surface area contributed by atoms with Gasteiger partial charge in [-0.15, -0.1) is 0 Å². The Hall–Kier alpha value is -1.71. The van der Waals surface area contributed by atoms with Crippen molar-refractivity contribution in [2.45, 2.75) is 19.8 Å². The molecule has 1 saturated heterocycles. The highest BCUT2D eigenvalue weighted by Crippen LogP contribution is 2.12. The third-order valence-corrected chi connectivity index (χ3v) is 2.78. The molecule has 0 unspecified atom stereocenters. The lowest BCUT2D eigenvalue weighted by atomic mass is 10.1. The summed E-state index contributed by atoms with van der Waals surface area (Å²) in [6.07, 6.45) is 3.02. The molecule has 1 aliphatic rings. The maximum atomic E-state index is 12.1. The van der Waals surface area contributed by atoms with Crippen molar-refractivity contribution in [3.8, 4) is 0 Å². The van der Waals surface area contributed by atoms with E-state index in [-0.39, 0.29) is 18.2 Å². The van der Waals surface area contributed by atoms with E-state index in [4.69, 9.17) is 0 Å². The van der Waals surface area contributed by atoms with Gasteiger partial charge in [0.1, 0.15) is 0 Å². The van der Waals surface area contributed by atoms with E-state index in [0.29, 0.717) is 24.2 Å². The minimum absolute atomic E-state index is 0.0846. The molecule has 1 fully saturated rings. The number of likely N-dealkylation sites (tertiary alicyclic amines) is 1. The highest BCUT2D eigenvalue weighted by molar-refractivity contribution is 5.98. The molecule has 84 valence electrons. The standard InChI is InChI=1S/C12H14N2O2/c1-9-11(5-2-6-13-9)12(16)14-7-3-4-10(15)8-14/h2,5-6H,3-4,7-8H2,1H3. The molecule has 2 heterocycles. The second kappa shape index (κ2) is 4.43. The number of aryl methyl sites for hydroxylation is 1. The Bertz CT molecular complexity index is 429. The zero-order chi connectivity index (χ0) is 11.5. The van der Waals surface area contributed by atoms with Crippen LogP contribution in [0.15, 0.2) is 18.3 Å². The Morgan fingerprint density at radius 3 is 3.00 bits per heavy atom. The number of pyridine rings is 1. The number of piperidine rings is 1. The van der Waals surface area contributed by atoms with Gasteiger partial charge in [-0.25, -0.2) is 0 Å². The number of amides is 1. The van der Waals surface area contributed by atoms with Crippen molar-refractivity contribution < 1.29 is 9.59 Å². The highest BCUT2D eigenvalue weighted by atomic mass is 16.2. The monoisotopic (exact) mass is 218 g/mol. The Morgan fingerprint density at radius 1 is 1.50 bits per heavy atom. The Labute approximate surface area is 94.3 Å². The van der Waals surface area contributed by atoms with Crippen LogP contribution in [0, 0.1) is 6.92 Å². The number of carbonyl (C=O) groups excluding carboxylic acids is 2. The first kappa shape index (κ1) is 10.8. The van der Waals surface area contributed by atoms with Gasteiger partial charge in [0.25, 0.3) is 5.91 Å². The molecule has 0 radical (unpaired) electrons. The van der Waals surface area contributed by atoms with Gasteiger partial charge in [0.2, 0.25) is 0 Å². The summed E-state index contributed by atoms with van der Waals surface area (Å²) in [4.78, 5) is 29.1. The lowest BCUT2D eigenvalue weighted by molar-refractivity contribution is -0.121. The van der Waals surface area contributed by atoms with Crippen LogP contribution < -0.4 is 0 Å². The second-order valence-corrected chi connectivity index (χ2v) is 4.01. The number of aromatic nitrogens is 1. The first-order valence-electron chi connectivity index (χ1n) is 5.41. The van der Waals surface area contributed by atoms with E-state index in [1.807, 2.05) is 0 Å². The fourth-order valence-electron chi connectivity index (χ4n) is 1.89. The Kier molecular flexibility index (Phi) is 2.99. The van der Waals surface area contributed by atoms with Gasteiger partial charge in [0.05, 0.1) is 12.1 Å². The molecule has 4 nitrogen and oxygen atoms in total. The first-order valence-corrected chi connectivity index (χ1v) is 5.41. The second-order valence-electron chi connectivity index (χ2n) is 4.01. The largest absolute Gasteiger partial charge is 0.331 e. The third-order valence-electron chi connectivity index (χ3n) is 2.78. The fourth-order valence-corrected chi connectivity index (χ4v) is 1.89. The van der Waals surface area contributed by atoms with Gasteiger partial charge in [-0.1, -0.05) is 0 Å². The van der Waals surface area contributed by atoms with Crippen LogP contribution >= 0.6 is 0 Å². The molecule has 1 aliphatic heterocycles. The van der Waals surface area contributed by atoms with Gasteiger partial charge in [-0.05, 0) is 25.5 Å². The molecular weight excluding hydrogens is 204 g/mol. The van der Waals surface area contributed by atoms with E-state index < -0.39 is 0 Å². The number of nitrogens with zero attached hydrogens (tertiary/aromatic N) is 2. The SMILES string of the molecule is Cc1ncccc1C(=O)N1CCCC(=O)C1. The van der Waals surface area contributed by atoms with E-state index >= 15 is 0 Å². The lowest BCUT2D eigenvalue weighted by Crippen LogP contribution is -2.40. The first-order chi connectivity index (χ1) is 7.68. The summed E-state index contributed by atoms with van der Waals surface area (Å²) in [5.41, 5.74) is 1.31. The van der Waals surface area contributed by atoms with Crippen LogP contribution in [0.3, 0.4) is 0 Å². The number of hydrogen-bond donors (Lipinski definition) is 0. The van der Waals surface area contributed by atoms with E-state index in [1.165, 1.54) is 0 Å². The lowest BCUT2D eigenvalue weighted by Gasteiger charge is -2.26. The Morgan fingerprint density at radius 2 is 2.31 bits per heavy atom. The molecule has 0 aliphatic carbocycles. The van der Waals surface area contributed by atoms with Gasteiger partial charge in [-0.2, -0.15) is 0 Å². The van der Waals surface area contributed by atoms with Gasteiger partial charge in [0.15, 0.2) is 5.78 Å². The van der Waals surface area contributed by atoms with Crippen LogP contribution in [0.4, 0.5) is 0 Å². The molecule has 1 amide bonds. The van der Waals surface area contributed by atoms with Crippen molar-refractivity contribution in [1.29, 1.82) is 0 Å². The maximum Gasteiger partial charge on any atom is 0.256 e. The number of Topliss-reactive ketones (excluding diaryl/α,β-unsaturated/α-hetero) is 1. The average molecular weight is 218 g/mol. The van der Waals surface area contributed by atoms with Gasteiger partial charge in [0, 0.05) is 24.9 Å². The molecular formula is C12H14N2O2. The molecule has 0 aromatic carbocycles. The molecule has 0 atom stereocenters. The summed E-state index contributed by atoms with van der Waals surface area (Å²) in [5, 5.41) is 0. The molecule has 0 spiro atoms. The predicted octanol–water partition coefficient (Wildman–Crippen LogP) is 1.20. The van der Waals surface area contributed by atoms with Crippen molar-refractivity contribution in [3.63, 3.8) is 0 Å². The van der Waals surface area contributed by atoms with Crippen molar-refractivity contribution in [2.24, 2.45) is 0 Å². The fraction of sp³-hybridized carbons (Fsp3) is 0.417. The zero-order valence-electron chi connectivity index (χ0n) is 9.27. The van der Waals surface area contributed by atoms with Crippen LogP contribution in [0.5, 0.6) is 0 Å². The molecule has 1 aromatic rings. The molecule has 16 heavy (non-hydrogen) atoms. The molecule has 0 N–H and O–H groups in total. The van der Waals surface area contributed by atoms with Crippen LogP contribution in [-0.4, -0.2) is 34.7 Å². The van der Waals surface area contributed by atoms with Crippen molar-refractivity contribution in [3.05, 3.63) is 29.6 Å². The summed E-state index contributed by atoms with van der Waals surface area (Å²) in [6.45, 7) is 2.71. The minimum atomic E-state index is -0.0846. The third kappa shape index (κ3) is 2.10. The molecule has 0 saturated carbocycles. The van der Waals surface area contributed by atoms with Gasteiger partial charge in [-0.3, -0.25) is 14.6 Å². The summed E-state index contributed by atoms with van der Waals surface area (Å²) < 4.78 is 0.